The van der Waals surface area contributed by atoms with Crippen molar-refractivity contribution in [3.63, 3.8) is 0 Å². The summed E-state index contributed by atoms with van der Waals surface area (Å²) in [6, 6.07) is 0. The Morgan fingerprint density at radius 2 is 0.966 bits per heavy atom. The molecular weight excluding hydrogens is 392 g/mol. The molecule has 0 bridgehead atoms. The SMILES string of the molecule is C[C@H]1OC(C2(CO)COCC2(CO)C2O[C@H](C)[C@H](O)[C@H](O)[C@H]2O)[C@H](O)[C@@H](O)[C@H]1O. The smallest absolute Gasteiger partial charge is 0.111 e. The van der Waals surface area contributed by atoms with Crippen LogP contribution < -0.4 is 0 Å². The van der Waals surface area contributed by atoms with E-state index in [1.54, 1.807) is 0 Å². The summed E-state index contributed by atoms with van der Waals surface area (Å²) in [5.74, 6) is 0. The molecule has 12 atom stereocenters. The van der Waals surface area contributed by atoms with Crippen molar-refractivity contribution >= 4 is 0 Å². The Kier molecular flexibility index (Phi) is 6.60. The first-order valence-electron chi connectivity index (χ1n) is 9.76. The average molecular weight is 424 g/mol. The Hall–Kier alpha value is -0.440. The van der Waals surface area contributed by atoms with Crippen LogP contribution in [0.1, 0.15) is 13.8 Å². The fourth-order valence-corrected chi connectivity index (χ4v) is 5.04. The molecule has 0 amide bonds. The van der Waals surface area contributed by atoms with Crippen LogP contribution in [0.5, 0.6) is 0 Å². The molecule has 3 aliphatic heterocycles. The van der Waals surface area contributed by atoms with Crippen molar-refractivity contribution in [3.05, 3.63) is 0 Å². The van der Waals surface area contributed by atoms with E-state index >= 15 is 0 Å². The molecule has 4 unspecified atom stereocenters. The normalized spacial score (nSPS) is 56.5. The summed E-state index contributed by atoms with van der Waals surface area (Å²) in [6.45, 7) is 1.21. The first-order valence-corrected chi connectivity index (χ1v) is 9.76. The van der Waals surface area contributed by atoms with Gasteiger partial charge in [0.05, 0.1) is 61.7 Å². The van der Waals surface area contributed by atoms with Gasteiger partial charge in [-0.2, -0.15) is 0 Å². The summed E-state index contributed by atoms with van der Waals surface area (Å²) >= 11 is 0. The van der Waals surface area contributed by atoms with Crippen LogP contribution >= 0.6 is 0 Å². The number of aliphatic hydroxyl groups is 8. The largest absolute Gasteiger partial charge is 0.396 e. The minimum absolute atomic E-state index is 0.207. The Labute approximate surface area is 168 Å². The number of rotatable bonds is 4. The average Bonchev–Trinajstić information content (AvgIpc) is 3.10. The van der Waals surface area contributed by atoms with Gasteiger partial charge in [0.15, 0.2) is 0 Å². The summed E-state index contributed by atoms with van der Waals surface area (Å²) in [5.41, 5.74) is -3.10. The molecule has 0 aliphatic carbocycles. The summed E-state index contributed by atoms with van der Waals surface area (Å²) in [6.07, 6.45) is -13.5. The summed E-state index contributed by atoms with van der Waals surface area (Å²) < 4.78 is 17.1. The standard InChI is InChI=1S/C18H32O11/c1-7-9(21)11(23)13(25)15(28-7)17(3-19)5-27-6-18(17,4-20)16-14(26)12(24)10(22)8(2)29-16/h7-16,19-26H,3-6H2,1-2H3/t7-,8-,9+,10+,11+,12+,13-,14-,15?,16?,17?,18?/m1/s1. The number of hydrogen-bond acceptors (Lipinski definition) is 11. The lowest BCUT2D eigenvalue weighted by molar-refractivity contribution is -0.302. The predicted molar refractivity (Wildman–Crippen MR) is 94.6 cm³/mol. The number of ether oxygens (including phenoxy) is 3. The Morgan fingerprint density at radius 3 is 1.28 bits per heavy atom. The van der Waals surface area contributed by atoms with Gasteiger partial charge < -0.3 is 55.1 Å². The third-order valence-electron chi connectivity index (χ3n) is 7.07. The van der Waals surface area contributed by atoms with Gasteiger partial charge in [0.2, 0.25) is 0 Å². The van der Waals surface area contributed by atoms with Gasteiger partial charge in [-0.25, -0.2) is 0 Å². The van der Waals surface area contributed by atoms with E-state index in [0.29, 0.717) is 0 Å². The molecule has 3 saturated heterocycles. The van der Waals surface area contributed by atoms with E-state index in [-0.39, 0.29) is 13.2 Å². The summed E-state index contributed by atoms with van der Waals surface area (Å²) in [4.78, 5) is 0. The van der Waals surface area contributed by atoms with Crippen molar-refractivity contribution in [3.8, 4) is 0 Å². The molecule has 0 aromatic rings. The zero-order chi connectivity index (χ0) is 21.7. The van der Waals surface area contributed by atoms with Gasteiger partial charge in [0.1, 0.15) is 36.6 Å². The molecule has 0 aromatic heterocycles. The highest BCUT2D eigenvalue weighted by atomic mass is 16.6. The number of aliphatic hydroxyl groups excluding tert-OH is 8. The summed E-state index contributed by atoms with van der Waals surface area (Å²) in [7, 11) is 0. The third-order valence-corrected chi connectivity index (χ3v) is 7.07. The van der Waals surface area contributed by atoms with Gasteiger partial charge in [-0.15, -0.1) is 0 Å². The van der Waals surface area contributed by atoms with Crippen molar-refractivity contribution in [1.82, 2.24) is 0 Å². The van der Waals surface area contributed by atoms with E-state index in [1.807, 2.05) is 0 Å². The van der Waals surface area contributed by atoms with Crippen LogP contribution in [0.4, 0.5) is 0 Å². The molecule has 0 spiro atoms. The van der Waals surface area contributed by atoms with Crippen LogP contribution in [0.3, 0.4) is 0 Å². The summed E-state index contributed by atoms with van der Waals surface area (Å²) in [5, 5.41) is 82.7. The van der Waals surface area contributed by atoms with Crippen LogP contribution in [-0.2, 0) is 14.2 Å². The number of hydrogen-bond donors (Lipinski definition) is 8. The maximum atomic E-state index is 10.6. The molecule has 11 heteroatoms. The second-order valence-corrected chi connectivity index (χ2v) is 8.59. The first kappa shape index (κ1) is 23.2. The zero-order valence-corrected chi connectivity index (χ0v) is 16.4. The van der Waals surface area contributed by atoms with Crippen LogP contribution in [0.15, 0.2) is 0 Å². The van der Waals surface area contributed by atoms with E-state index in [9.17, 15) is 40.9 Å². The third kappa shape index (κ3) is 3.24. The molecule has 8 N–H and O–H groups in total. The molecule has 11 nitrogen and oxygen atoms in total. The van der Waals surface area contributed by atoms with Crippen molar-refractivity contribution in [1.29, 1.82) is 0 Å². The van der Waals surface area contributed by atoms with Crippen LogP contribution in [0, 0.1) is 10.8 Å². The van der Waals surface area contributed by atoms with Gasteiger partial charge in [0, 0.05) is 0 Å². The molecule has 3 heterocycles. The van der Waals surface area contributed by atoms with Crippen LogP contribution in [0.25, 0.3) is 0 Å². The second-order valence-electron chi connectivity index (χ2n) is 8.59. The maximum absolute atomic E-state index is 10.6. The van der Waals surface area contributed by atoms with Gasteiger partial charge in [0.25, 0.3) is 0 Å². The highest BCUT2D eigenvalue weighted by molar-refractivity contribution is 5.16. The quantitative estimate of drug-likeness (QED) is 0.218. The van der Waals surface area contributed by atoms with E-state index in [2.05, 4.69) is 0 Å². The topological polar surface area (TPSA) is 190 Å². The fraction of sp³-hybridized carbons (Fsp3) is 1.00. The Balaban J connectivity index is 2.05. The second kappa shape index (κ2) is 8.24. The van der Waals surface area contributed by atoms with Crippen LogP contribution in [0.2, 0.25) is 0 Å². The van der Waals surface area contributed by atoms with Crippen molar-refractivity contribution in [2.75, 3.05) is 26.4 Å². The predicted octanol–water partition coefficient (Wildman–Crippen LogP) is -4.29. The first-order chi connectivity index (χ1) is 13.6. The van der Waals surface area contributed by atoms with Crippen molar-refractivity contribution in [2.45, 2.75) is 74.9 Å². The van der Waals surface area contributed by atoms with Crippen LogP contribution in [-0.4, -0.2) is 128 Å². The molecule has 0 saturated carbocycles. The highest BCUT2D eigenvalue weighted by Crippen LogP contribution is 2.55. The molecule has 0 aromatic carbocycles. The van der Waals surface area contributed by atoms with Crippen molar-refractivity contribution < 1.29 is 55.1 Å². The molecule has 0 radical (unpaired) electrons. The zero-order valence-electron chi connectivity index (χ0n) is 16.4. The van der Waals surface area contributed by atoms with E-state index in [1.165, 1.54) is 13.8 Å². The molecule has 3 fully saturated rings. The van der Waals surface area contributed by atoms with E-state index in [0.717, 1.165) is 0 Å². The lowest BCUT2D eigenvalue weighted by Crippen LogP contribution is -2.72. The minimum Gasteiger partial charge on any atom is -0.396 e. The van der Waals surface area contributed by atoms with Gasteiger partial charge in [-0.3, -0.25) is 0 Å². The van der Waals surface area contributed by atoms with Gasteiger partial charge in [-0.05, 0) is 13.8 Å². The fourth-order valence-electron chi connectivity index (χ4n) is 5.04. The minimum atomic E-state index is -1.63. The molecule has 29 heavy (non-hydrogen) atoms. The lowest BCUT2D eigenvalue weighted by Gasteiger charge is -2.56. The van der Waals surface area contributed by atoms with Gasteiger partial charge >= 0.3 is 0 Å². The van der Waals surface area contributed by atoms with E-state index in [4.69, 9.17) is 14.2 Å². The molecular formula is C18H32O11. The molecule has 3 aliphatic rings. The molecule has 170 valence electrons. The highest BCUT2D eigenvalue weighted by Gasteiger charge is 2.69. The maximum Gasteiger partial charge on any atom is 0.111 e. The van der Waals surface area contributed by atoms with E-state index < -0.39 is 85.1 Å². The monoisotopic (exact) mass is 424 g/mol. The lowest BCUT2D eigenvalue weighted by atomic mass is 9.56. The van der Waals surface area contributed by atoms with Crippen molar-refractivity contribution in [2.24, 2.45) is 10.8 Å². The van der Waals surface area contributed by atoms with Gasteiger partial charge in [-0.1, -0.05) is 0 Å². The molecule has 3 rings (SSSR count). The Morgan fingerprint density at radius 1 is 0.621 bits per heavy atom. The Bertz CT molecular complexity index is 530.